The smallest absolute Gasteiger partial charge is 0.266 e. The van der Waals surface area contributed by atoms with E-state index >= 15 is 0 Å². The molecule has 4 rings (SSSR count). The molecule has 3 aromatic rings. The normalized spacial score (nSPS) is 13.9. The van der Waals surface area contributed by atoms with Gasteiger partial charge in [0, 0.05) is 45.3 Å². The van der Waals surface area contributed by atoms with Gasteiger partial charge in [0.15, 0.2) is 5.16 Å². The average Bonchev–Trinajstić information content (AvgIpc) is 2.87. The fraction of sp³-hybridized carbons (Fsp3) is 0.385. The SMILES string of the molecule is CC(=O)N1CCN(C(=O)CCCCCSc2nc3ccccc3c(=O)n2-c2ccc(F)cc2)CC1. The molecule has 0 N–H and O–H groups in total. The highest BCUT2D eigenvalue weighted by molar-refractivity contribution is 7.99. The summed E-state index contributed by atoms with van der Waals surface area (Å²) < 4.78 is 15.0. The maximum Gasteiger partial charge on any atom is 0.266 e. The summed E-state index contributed by atoms with van der Waals surface area (Å²) in [5.41, 5.74) is 1.03. The van der Waals surface area contributed by atoms with Crippen LogP contribution in [0.3, 0.4) is 0 Å². The molecule has 0 bridgehead atoms. The molecule has 0 unspecified atom stereocenters. The van der Waals surface area contributed by atoms with Crippen LogP contribution in [0.4, 0.5) is 4.39 Å². The van der Waals surface area contributed by atoms with Gasteiger partial charge in [-0.1, -0.05) is 30.3 Å². The van der Waals surface area contributed by atoms with Gasteiger partial charge in [-0.05, 0) is 49.2 Å². The summed E-state index contributed by atoms with van der Waals surface area (Å²) in [4.78, 5) is 45.4. The number of halogens is 1. The first-order valence-electron chi connectivity index (χ1n) is 11.9. The number of thioether (sulfide) groups is 1. The molecule has 184 valence electrons. The van der Waals surface area contributed by atoms with Crippen molar-refractivity contribution in [2.24, 2.45) is 0 Å². The summed E-state index contributed by atoms with van der Waals surface area (Å²) in [7, 11) is 0. The summed E-state index contributed by atoms with van der Waals surface area (Å²) in [5, 5.41) is 1.09. The van der Waals surface area contributed by atoms with Crippen molar-refractivity contribution in [1.82, 2.24) is 19.4 Å². The number of aromatic nitrogens is 2. The average molecular weight is 497 g/mol. The molecule has 2 heterocycles. The first-order chi connectivity index (χ1) is 16.9. The summed E-state index contributed by atoms with van der Waals surface area (Å²) >= 11 is 1.49. The Bertz CT molecular complexity index is 1250. The van der Waals surface area contributed by atoms with Crippen molar-refractivity contribution in [1.29, 1.82) is 0 Å². The third-order valence-corrected chi connectivity index (χ3v) is 7.20. The minimum absolute atomic E-state index is 0.0559. The number of carbonyl (C=O) groups is 2. The number of nitrogens with zero attached hydrogens (tertiary/aromatic N) is 4. The molecule has 1 aliphatic rings. The van der Waals surface area contributed by atoms with Gasteiger partial charge < -0.3 is 9.80 Å². The van der Waals surface area contributed by atoms with Gasteiger partial charge in [-0.3, -0.25) is 19.0 Å². The zero-order valence-corrected chi connectivity index (χ0v) is 20.6. The lowest BCUT2D eigenvalue weighted by molar-refractivity contribution is -0.138. The van der Waals surface area contributed by atoms with E-state index in [0.717, 1.165) is 25.0 Å². The van der Waals surface area contributed by atoms with Gasteiger partial charge in [0.05, 0.1) is 16.6 Å². The van der Waals surface area contributed by atoms with Crippen LogP contribution in [-0.2, 0) is 9.59 Å². The molecule has 1 aromatic heterocycles. The molecule has 1 fully saturated rings. The van der Waals surface area contributed by atoms with Crippen molar-refractivity contribution in [3.63, 3.8) is 0 Å². The fourth-order valence-electron chi connectivity index (χ4n) is 4.17. The minimum atomic E-state index is -0.361. The van der Waals surface area contributed by atoms with Crippen LogP contribution in [0.25, 0.3) is 16.6 Å². The van der Waals surface area contributed by atoms with Gasteiger partial charge in [-0.2, -0.15) is 0 Å². The second kappa shape index (κ2) is 11.5. The first kappa shape index (κ1) is 24.9. The van der Waals surface area contributed by atoms with Crippen LogP contribution in [0.15, 0.2) is 58.5 Å². The van der Waals surface area contributed by atoms with E-state index in [9.17, 15) is 18.8 Å². The molecule has 35 heavy (non-hydrogen) atoms. The lowest BCUT2D eigenvalue weighted by Crippen LogP contribution is -2.50. The van der Waals surface area contributed by atoms with Crippen LogP contribution in [0.5, 0.6) is 0 Å². The Morgan fingerprint density at radius 2 is 1.63 bits per heavy atom. The van der Waals surface area contributed by atoms with Crippen molar-refractivity contribution in [2.45, 2.75) is 37.8 Å². The van der Waals surface area contributed by atoms with E-state index in [-0.39, 0.29) is 23.2 Å². The Kier molecular flexibility index (Phi) is 8.17. The molecule has 0 atom stereocenters. The van der Waals surface area contributed by atoms with E-state index < -0.39 is 0 Å². The monoisotopic (exact) mass is 496 g/mol. The van der Waals surface area contributed by atoms with Crippen molar-refractivity contribution < 1.29 is 14.0 Å². The van der Waals surface area contributed by atoms with Crippen molar-refractivity contribution in [3.05, 3.63) is 64.7 Å². The van der Waals surface area contributed by atoms with Crippen LogP contribution in [0.2, 0.25) is 0 Å². The highest BCUT2D eigenvalue weighted by Crippen LogP contribution is 2.23. The van der Waals surface area contributed by atoms with Gasteiger partial charge in [0.1, 0.15) is 5.82 Å². The number of piperazine rings is 1. The van der Waals surface area contributed by atoms with Crippen molar-refractivity contribution in [2.75, 3.05) is 31.9 Å². The highest BCUT2D eigenvalue weighted by Gasteiger charge is 2.21. The van der Waals surface area contributed by atoms with Gasteiger partial charge in [-0.15, -0.1) is 0 Å². The number of amides is 2. The van der Waals surface area contributed by atoms with Crippen molar-refractivity contribution in [3.8, 4) is 5.69 Å². The topological polar surface area (TPSA) is 75.5 Å². The fourth-order valence-corrected chi connectivity index (χ4v) is 5.19. The Balaban J connectivity index is 1.33. The molecule has 2 aromatic carbocycles. The molecule has 0 radical (unpaired) electrons. The number of benzene rings is 2. The zero-order chi connectivity index (χ0) is 24.8. The van der Waals surface area contributed by atoms with Crippen LogP contribution in [0.1, 0.15) is 32.6 Å². The summed E-state index contributed by atoms with van der Waals surface area (Å²) in [5.74, 6) is 0.583. The van der Waals surface area contributed by atoms with E-state index in [1.54, 1.807) is 36.1 Å². The van der Waals surface area contributed by atoms with Crippen LogP contribution in [0, 0.1) is 5.82 Å². The number of carbonyl (C=O) groups excluding carboxylic acids is 2. The maximum atomic E-state index is 13.5. The predicted molar refractivity (Wildman–Crippen MR) is 135 cm³/mol. The molecule has 0 saturated carbocycles. The van der Waals surface area contributed by atoms with Gasteiger partial charge >= 0.3 is 0 Å². The van der Waals surface area contributed by atoms with E-state index in [1.807, 2.05) is 17.0 Å². The van der Waals surface area contributed by atoms with E-state index in [0.29, 0.717) is 54.3 Å². The van der Waals surface area contributed by atoms with Gasteiger partial charge in [0.2, 0.25) is 11.8 Å². The zero-order valence-electron chi connectivity index (χ0n) is 19.8. The molecule has 7 nitrogen and oxygen atoms in total. The van der Waals surface area contributed by atoms with Gasteiger partial charge in [-0.25, -0.2) is 9.37 Å². The van der Waals surface area contributed by atoms with Crippen LogP contribution >= 0.6 is 11.8 Å². The molecule has 1 saturated heterocycles. The van der Waals surface area contributed by atoms with Crippen LogP contribution < -0.4 is 5.56 Å². The molecular weight excluding hydrogens is 467 g/mol. The third kappa shape index (κ3) is 6.08. The summed E-state index contributed by atoms with van der Waals surface area (Å²) in [6.45, 7) is 3.96. The molecule has 2 amide bonds. The summed E-state index contributed by atoms with van der Waals surface area (Å²) in [6, 6.07) is 13.1. The highest BCUT2D eigenvalue weighted by atomic mass is 32.2. The number of para-hydroxylation sites is 1. The number of hydrogen-bond acceptors (Lipinski definition) is 5. The van der Waals surface area contributed by atoms with E-state index in [4.69, 9.17) is 4.98 Å². The van der Waals surface area contributed by atoms with Gasteiger partial charge in [0.25, 0.3) is 5.56 Å². The standard InChI is InChI=1S/C26H29FN4O3S/c1-19(32)29-14-16-30(17-15-29)24(33)9-3-2-6-18-35-26-28-23-8-5-4-7-22(23)25(34)31(26)21-12-10-20(27)11-13-21/h4-5,7-8,10-13H,2-3,6,9,14-18H2,1H3. The number of hydrogen-bond donors (Lipinski definition) is 0. The lowest BCUT2D eigenvalue weighted by atomic mass is 10.2. The number of unbranched alkanes of at least 4 members (excludes halogenated alkanes) is 2. The Labute approximate surface area is 207 Å². The van der Waals surface area contributed by atoms with E-state index in [1.165, 1.54) is 28.5 Å². The predicted octanol–water partition coefficient (Wildman–Crippen LogP) is 3.87. The van der Waals surface area contributed by atoms with Crippen molar-refractivity contribution >= 4 is 34.5 Å². The Morgan fingerprint density at radius 3 is 2.34 bits per heavy atom. The number of fused-ring (bicyclic) bond motifs is 1. The van der Waals surface area contributed by atoms with E-state index in [2.05, 4.69) is 0 Å². The Morgan fingerprint density at radius 1 is 0.943 bits per heavy atom. The lowest BCUT2D eigenvalue weighted by Gasteiger charge is -2.34. The molecule has 0 spiro atoms. The maximum absolute atomic E-state index is 13.5. The second-order valence-electron chi connectivity index (χ2n) is 8.57. The first-order valence-corrected chi connectivity index (χ1v) is 12.9. The molecule has 1 aliphatic heterocycles. The third-order valence-electron chi connectivity index (χ3n) is 6.17. The molecular formula is C26H29FN4O3S. The molecule has 9 heteroatoms. The largest absolute Gasteiger partial charge is 0.339 e. The molecule has 0 aliphatic carbocycles. The quantitative estimate of drug-likeness (QED) is 0.269. The summed E-state index contributed by atoms with van der Waals surface area (Å²) in [6.07, 6.45) is 3.06. The second-order valence-corrected chi connectivity index (χ2v) is 9.64. The van der Waals surface area contributed by atoms with Crippen LogP contribution in [-0.4, -0.2) is 63.1 Å². The Hall–Kier alpha value is -3.20. The minimum Gasteiger partial charge on any atom is -0.339 e. The number of rotatable bonds is 8.